The van der Waals surface area contributed by atoms with Crippen molar-refractivity contribution in [2.45, 2.75) is 33.6 Å². The van der Waals surface area contributed by atoms with Crippen LogP contribution in [0.2, 0.25) is 0 Å². The maximum atomic E-state index is 13.1. The van der Waals surface area contributed by atoms with E-state index in [9.17, 15) is 14.7 Å². The molecule has 0 aromatic heterocycles. The summed E-state index contributed by atoms with van der Waals surface area (Å²) in [5, 5.41) is 10.1. The van der Waals surface area contributed by atoms with Crippen molar-refractivity contribution < 1.29 is 19.4 Å². The van der Waals surface area contributed by atoms with Crippen molar-refractivity contribution >= 4 is 11.7 Å². The van der Waals surface area contributed by atoms with Crippen LogP contribution in [0.3, 0.4) is 0 Å². The van der Waals surface area contributed by atoms with Crippen LogP contribution in [-0.4, -0.2) is 41.9 Å². The Balaban J connectivity index is 1.80. The van der Waals surface area contributed by atoms with Crippen LogP contribution in [-0.2, 0) is 0 Å². The predicted molar refractivity (Wildman–Crippen MR) is 108 cm³/mol. The third kappa shape index (κ3) is 3.88. The summed E-state index contributed by atoms with van der Waals surface area (Å²) in [6.45, 7) is 6.71. The van der Waals surface area contributed by atoms with Crippen molar-refractivity contribution in [2.24, 2.45) is 5.92 Å². The summed E-state index contributed by atoms with van der Waals surface area (Å²) in [4.78, 5) is 27.7. The van der Waals surface area contributed by atoms with Crippen molar-refractivity contribution in [3.05, 3.63) is 58.1 Å². The highest BCUT2D eigenvalue weighted by Crippen LogP contribution is 2.29. The minimum absolute atomic E-state index is 0.0227. The summed E-state index contributed by atoms with van der Waals surface area (Å²) in [6.07, 6.45) is 1.52. The Labute approximate surface area is 165 Å². The number of methoxy groups -OCH3 is 1. The van der Waals surface area contributed by atoms with Crippen LogP contribution in [0.4, 0.5) is 0 Å². The van der Waals surface area contributed by atoms with Crippen molar-refractivity contribution in [3.63, 3.8) is 0 Å². The lowest BCUT2D eigenvalue weighted by Crippen LogP contribution is -2.42. The maximum Gasteiger partial charge on any atom is 0.257 e. The monoisotopic (exact) mass is 381 g/mol. The standard InChI is InChI=1S/C23H27NO4/c1-14-7-8-20(25)19(10-14)23(27)24-9-5-6-17(13-24)21(26)18-11-15(2)22(28-4)16(3)12-18/h7-8,10-12,17,25H,5-6,9,13H2,1-4H3/t17-/m1/s1. The number of phenolic OH excluding ortho intramolecular Hbond substituents is 1. The van der Waals surface area contributed by atoms with Crippen molar-refractivity contribution in [2.75, 3.05) is 20.2 Å². The fourth-order valence-corrected chi connectivity index (χ4v) is 4.02. The number of ether oxygens (including phenoxy) is 1. The molecule has 0 unspecified atom stereocenters. The predicted octanol–water partition coefficient (Wildman–Crippen LogP) is 4.06. The van der Waals surface area contributed by atoms with Crippen LogP contribution in [0.5, 0.6) is 11.5 Å². The van der Waals surface area contributed by atoms with E-state index in [0.29, 0.717) is 24.2 Å². The summed E-state index contributed by atoms with van der Waals surface area (Å²) in [6, 6.07) is 8.73. The van der Waals surface area contributed by atoms with E-state index in [-0.39, 0.29) is 23.4 Å². The van der Waals surface area contributed by atoms with Crippen LogP contribution in [0, 0.1) is 26.7 Å². The van der Waals surface area contributed by atoms with E-state index in [1.165, 1.54) is 6.07 Å². The molecule has 1 fully saturated rings. The molecule has 1 N–H and O–H groups in total. The Morgan fingerprint density at radius 2 is 1.79 bits per heavy atom. The van der Waals surface area contributed by atoms with Gasteiger partial charge in [0.1, 0.15) is 11.5 Å². The number of likely N-dealkylation sites (tertiary alicyclic amines) is 1. The van der Waals surface area contributed by atoms with E-state index < -0.39 is 0 Å². The molecule has 1 heterocycles. The molecule has 1 aliphatic heterocycles. The molecule has 148 valence electrons. The summed E-state index contributed by atoms with van der Waals surface area (Å²) in [5.41, 5.74) is 3.73. The van der Waals surface area contributed by atoms with Gasteiger partial charge in [-0.2, -0.15) is 0 Å². The molecule has 3 rings (SSSR count). The Kier molecular flexibility index (Phi) is 5.73. The van der Waals surface area contributed by atoms with Gasteiger partial charge in [-0.15, -0.1) is 0 Å². The molecule has 0 radical (unpaired) electrons. The average Bonchev–Trinajstić information content (AvgIpc) is 2.68. The lowest BCUT2D eigenvalue weighted by atomic mass is 9.88. The summed E-state index contributed by atoms with van der Waals surface area (Å²) >= 11 is 0. The number of benzene rings is 2. The normalized spacial score (nSPS) is 16.7. The third-order valence-corrected chi connectivity index (χ3v) is 5.41. The maximum absolute atomic E-state index is 13.1. The molecule has 0 spiro atoms. The number of ketones is 1. The zero-order valence-corrected chi connectivity index (χ0v) is 16.9. The van der Waals surface area contributed by atoms with Crippen LogP contribution < -0.4 is 4.74 Å². The minimum Gasteiger partial charge on any atom is -0.507 e. The number of piperidine rings is 1. The fraction of sp³-hybridized carbons (Fsp3) is 0.391. The number of carbonyl (C=O) groups is 2. The zero-order valence-electron chi connectivity index (χ0n) is 16.9. The number of carbonyl (C=O) groups excluding carboxylic acids is 2. The highest BCUT2D eigenvalue weighted by molar-refractivity contribution is 6.00. The molecule has 0 aliphatic carbocycles. The first-order valence-corrected chi connectivity index (χ1v) is 9.60. The number of nitrogens with zero attached hydrogens (tertiary/aromatic N) is 1. The molecule has 5 nitrogen and oxygen atoms in total. The second-order valence-electron chi connectivity index (χ2n) is 7.62. The molecule has 5 heteroatoms. The number of amides is 1. The van der Waals surface area contributed by atoms with Gasteiger partial charge in [0.05, 0.1) is 12.7 Å². The fourth-order valence-electron chi connectivity index (χ4n) is 4.02. The van der Waals surface area contributed by atoms with Gasteiger partial charge in [-0.25, -0.2) is 0 Å². The zero-order chi connectivity index (χ0) is 20.4. The molecule has 1 atom stereocenters. The molecule has 1 aliphatic rings. The second-order valence-corrected chi connectivity index (χ2v) is 7.62. The van der Waals surface area contributed by atoms with Gasteiger partial charge < -0.3 is 14.7 Å². The molecule has 1 saturated heterocycles. The highest BCUT2D eigenvalue weighted by Gasteiger charge is 2.30. The Morgan fingerprint density at radius 3 is 2.43 bits per heavy atom. The Bertz CT molecular complexity index is 896. The molecule has 1 amide bonds. The van der Waals surface area contributed by atoms with Crippen molar-refractivity contribution in [1.29, 1.82) is 0 Å². The number of aryl methyl sites for hydroxylation is 3. The van der Waals surface area contributed by atoms with Gasteiger partial charge in [0.15, 0.2) is 5.78 Å². The molecular weight excluding hydrogens is 354 g/mol. The van der Waals surface area contributed by atoms with Crippen LogP contribution in [0.25, 0.3) is 0 Å². The summed E-state index contributed by atoms with van der Waals surface area (Å²) in [5.74, 6) is 0.370. The lowest BCUT2D eigenvalue weighted by Gasteiger charge is -2.32. The van der Waals surface area contributed by atoms with Crippen LogP contribution in [0.1, 0.15) is 50.2 Å². The van der Waals surface area contributed by atoms with E-state index in [1.54, 1.807) is 24.1 Å². The van der Waals surface area contributed by atoms with E-state index in [0.717, 1.165) is 35.3 Å². The molecule has 28 heavy (non-hydrogen) atoms. The smallest absolute Gasteiger partial charge is 0.257 e. The second kappa shape index (κ2) is 8.05. The number of Topliss-reactive ketones (excluding diaryl/α,β-unsaturated/α-hetero) is 1. The SMILES string of the molecule is COc1c(C)cc(C(=O)[C@@H]2CCCN(C(=O)c3cc(C)ccc3O)C2)cc1C. The minimum atomic E-state index is -0.239. The lowest BCUT2D eigenvalue weighted by molar-refractivity contribution is 0.0634. The number of hydrogen-bond acceptors (Lipinski definition) is 4. The van der Waals surface area contributed by atoms with Gasteiger partial charge in [0.2, 0.25) is 0 Å². The van der Waals surface area contributed by atoms with Gasteiger partial charge in [-0.05, 0) is 69.0 Å². The number of aromatic hydroxyl groups is 1. The number of rotatable bonds is 4. The molecule has 2 aromatic carbocycles. The number of phenols is 1. The first kappa shape index (κ1) is 19.9. The largest absolute Gasteiger partial charge is 0.507 e. The van der Waals surface area contributed by atoms with Gasteiger partial charge >= 0.3 is 0 Å². The van der Waals surface area contributed by atoms with Gasteiger partial charge in [-0.1, -0.05) is 11.6 Å². The first-order chi connectivity index (χ1) is 13.3. The van der Waals surface area contributed by atoms with Crippen LogP contribution >= 0.6 is 0 Å². The first-order valence-electron chi connectivity index (χ1n) is 9.60. The molecule has 0 saturated carbocycles. The van der Waals surface area contributed by atoms with E-state index in [1.807, 2.05) is 32.9 Å². The summed E-state index contributed by atoms with van der Waals surface area (Å²) in [7, 11) is 1.63. The highest BCUT2D eigenvalue weighted by atomic mass is 16.5. The van der Waals surface area contributed by atoms with Gasteiger partial charge in [0.25, 0.3) is 5.91 Å². The van der Waals surface area contributed by atoms with Gasteiger partial charge in [0, 0.05) is 24.6 Å². The quantitative estimate of drug-likeness (QED) is 0.811. The van der Waals surface area contributed by atoms with Crippen LogP contribution in [0.15, 0.2) is 30.3 Å². The molecule has 0 bridgehead atoms. The third-order valence-electron chi connectivity index (χ3n) is 5.41. The van der Waals surface area contributed by atoms with E-state index in [2.05, 4.69) is 0 Å². The van der Waals surface area contributed by atoms with E-state index in [4.69, 9.17) is 4.74 Å². The van der Waals surface area contributed by atoms with E-state index >= 15 is 0 Å². The molecular formula is C23H27NO4. The van der Waals surface area contributed by atoms with Crippen molar-refractivity contribution in [1.82, 2.24) is 4.90 Å². The Morgan fingerprint density at radius 1 is 1.11 bits per heavy atom. The van der Waals surface area contributed by atoms with Gasteiger partial charge in [-0.3, -0.25) is 9.59 Å². The molecule has 2 aromatic rings. The number of hydrogen-bond donors (Lipinski definition) is 1. The summed E-state index contributed by atoms with van der Waals surface area (Å²) < 4.78 is 5.39. The topological polar surface area (TPSA) is 66.8 Å². The van der Waals surface area contributed by atoms with Crippen molar-refractivity contribution in [3.8, 4) is 11.5 Å². The average molecular weight is 381 g/mol. The Hall–Kier alpha value is -2.82.